The van der Waals surface area contributed by atoms with Gasteiger partial charge in [-0.1, -0.05) is 15.9 Å². The number of hydrogen-bond acceptors (Lipinski definition) is 0. The lowest BCUT2D eigenvalue weighted by Crippen LogP contribution is -1.73. The van der Waals surface area contributed by atoms with Crippen molar-refractivity contribution in [1.82, 2.24) is 0 Å². The summed E-state index contributed by atoms with van der Waals surface area (Å²) in [7, 11) is 0. The standard InChI is InChI=1S/C6H9BrF2/c7-5-3-1-2-4-6(8)9/h4H,1-3,5H2. The first-order chi connectivity index (χ1) is 4.27. The normalized spacial score (nSPS) is 9.22. The fraction of sp³-hybridized carbons (Fsp3) is 0.667. The molecule has 0 aliphatic heterocycles. The highest BCUT2D eigenvalue weighted by atomic mass is 79.9. The molecule has 0 unspecified atom stereocenters. The first-order valence-electron chi connectivity index (χ1n) is 2.84. The molecule has 0 radical (unpaired) electrons. The zero-order valence-corrected chi connectivity index (χ0v) is 6.63. The highest BCUT2D eigenvalue weighted by molar-refractivity contribution is 9.09. The number of unbranched alkanes of at least 4 members (excludes halogenated alkanes) is 2. The second-order valence-electron chi connectivity index (χ2n) is 1.68. The van der Waals surface area contributed by atoms with Crippen molar-refractivity contribution in [1.29, 1.82) is 0 Å². The van der Waals surface area contributed by atoms with Crippen LogP contribution in [0.3, 0.4) is 0 Å². The Morgan fingerprint density at radius 1 is 1.33 bits per heavy atom. The molecule has 0 spiro atoms. The molecule has 0 aromatic heterocycles. The molecule has 0 aliphatic carbocycles. The molecule has 0 saturated heterocycles. The van der Waals surface area contributed by atoms with Gasteiger partial charge in [0.15, 0.2) is 0 Å². The second kappa shape index (κ2) is 6.20. The number of rotatable bonds is 4. The summed E-state index contributed by atoms with van der Waals surface area (Å²) in [4.78, 5) is 0. The zero-order valence-electron chi connectivity index (χ0n) is 5.04. The van der Waals surface area contributed by atoms with E-state index in [0.29, 0.717) is 6.42 Å². The van der Waals surface area contributed by atoms with E-state index in [1.165, 1.54) is 0 Å². The van der Waals surface area contributed by atoms with Crippen LogP contribution in [0.5, 0.6) is 0 Å². The lowest BCUT2D eigenvalue weighted by molar-refractivity contribution is 0.417. The Kier molecular flexibility index (Phi) is 6.26. The fourth-order valence-corrected chi connectivity index (χ4v) is 0.846. The average molecular weight is 199 g/mol. The van der Waals surface area contributed by atoms with Gasteiger partial charge in [-0.25, -0.2) is 0 Å². The number of halogens is 3. The maximum atomic E-state index is 11.3. The molecule has 0 nitrogen and oxygen atoms in total. The maximum Gasteiger partial charge on any atom is 0.266 e. The van der Waals surface area contributed by atoms with E-state index in [-0.39, 0.29) is 0 Å². The van der Waals surface area contributed by atoms with Gasteiger partial charge in [0.05, 0.1) is 0 Å². The molecule has 0 aromatic rings. The molecule has 0 bridgehead atoms. The van der Waals surface area contributed by atoms with Crippen LogP contribution in [-0.4, -0.2) is 5.33 Å². The van der Waals surface area contributed by atoms with Crippen LogP contribution in [0.25, 0.3) is 0 Å². The summed E-state index contributed by atoms with van der Waals surface area (Å²) in [6.45, 7) is 0. The van der Waals surface area contributed by atoms with Gasteiger partial charge < -0.3 is 0 Å². The minimum Gasteiger partial charge on any atom is -0.174 e. The third-order valence-electron chi connectivity index (χ3n) is 0.886. The van der Waals surface area contributed by atoms with E-state index in [9.17, 15) is 8.78 Å². The van der Waals surface area contributed by atoms with Gasteiger partial charge in [0.1, 0.15) is 0 Å². The molecule has 0 aliphatic rings. The minimum atomic E-state index is -1.57. The highest BCUT2D eigenvalue weighted by Gasteiger charge is 1.87. The molecule has 0 aromatic carbocycles. The quantitative estimate of drug-likeness (QED) is 0.481. The Balaban J connectivity index is 3.00. The SMILES string of the molecule is FC(F)=CCCCCBr. The van der Waals surface area contributed by atoms with Crippen molar-refractivity contribution in [3.63, 3.8) is 0 Å². The molecule has 0 atom stereocenters. The van der Waals surface area contributed by atoms with Gasteiger partial charge in [0.2, 0.25) is 0 Å². The van der Waals surface area contributed by atoms with Crippen LogP contribution in [0.1, 0.15) is 19.3 Å². The summed E-state index contributed by atoms with van der Waals surface area (Å²) in [6.07, 6.45) is 1.69. The van der Waals surface area contributed by atoms with Crippen molar-refractivity contribution in [3.8, 4) is 0 Å². The summed E-state index contributed by atoms with van der Waals surface area (Å²) >= 11 is 3.21. The molecule has 0 fully saturated rings. The van der Waals surface area contributed by atoms with Crippen LogP contribution in [0.2, 0.25) is 0 Å². The molecule has 0 rings (SSSR count). The van der Waals surface area contributed by atoms with Gasteiger partial charge in [-0.15, -0.1) is 0 Å². The summed E-state index contributed by atoms with van der Waals surface area (Å²) in [5.74, 6) is 0. The van der Waals surface area contributed by atoms with Crippen LogP contribution in [0, 0.1) is 0 Å². The van der Waals surface area contributed by atoms with Crippen LogP contribution >= 0.6 is 15.9 Å². The maximum absolute atomic E-state index is 11.3. The van der Waals surface area contributed by atoms with E-state index in [0.717, 1.165) is 24.2 Å². The summed E-state index contributed by atoms with van der Waals surface area (Å²) in [5.41, 5.74) is 0. The van der Waals surface area contributed by atoms with E-state index in [4.69, 9.17) is 0 Å². The molecule has 54 valence electrons. The van der Waals surface area contributed by atoms with Crippen molar-refractivity contribution in [2.24, 2.45) is 0 Å². The largest absolute Gasteiger partial charge is 0.266 e. The van der Waals surface area contributed by atoms with Crippen molar-refractivity contribution >= 4 is 15.9 Å². The second-order valence-corrected chi connectivity index (χ2v) is 2.47. The molecule has 3 heteroatoms. The first kappa shape index (κ1) is 9.08. The molecule has 0 saturated carbocycles. The van der Waals surface area contributed by atoms with E-state index < -0.39 is 6.08 Å². The third kappa shape index (κ3) is 8.08. The van der Waals surface area contributed by atoms with E-state index in [1.807, 2.05) is 0 Å². The summed E-state index contributed by atoms with van der Waals surface area (Å²) in [6, 6.07) is 0. The van der Waals surface area contributed by atoms with Gasteiger partial charge in [-0.05, 0) is 25.3 Å². The Labute approximate surface area is 62.1 Å². The Bertz CT molecular complexity index is 87.1. The zero-order chi connectivity index (χ0) is 7.11. The number of alkyl halides is 1. The smallest absolute Gasteiger partial charge is 0.174 e. The van der Waals surface area contributed by atoms with Gasteiger partial charge >= 0.3 is 0 Å². The van der Waals surface area contributed by atoms with Crippen molar-refractivity contribution in [3.05, 3.63) is 12.2 Å². The Morgan fingerprint density at radius 3 is 2.44 bits per heavy atom. The number of hydrogen-bond donors (Lipinski definition) is 0. The van der Waals surface area contributed by atoms with Gasteiger partial charge in [0.25, 0.3) is 6.08 Å². The predicted molar refractivity (Wildman–Crippen MR) is 37.9 cm³/mol. The van der Waals surface area contributed by atoms with E-state index in [1.54, 1.807) is 0 Å². The van der Waals surface area contributed by atoms with Crippen LogP contribution in [0.4, 0.5) is 8.78 Å². The fourth-order valence-electron chi connectivity index (χ4n) is 0.450. The molecule has 0 heterocycles. The van der Waals surface area contributed by atoms with E-state index >= 15 is 0 Å². The van der Waals surface area contributed by atoms with Crippen molar-refractivity contribution < 1.29 is 8.78 Å². The first-order valence-corrected chi connectivity index (χ1v) is 3.96. The van der Waals surface area contributed by atoms with Gasteiger partial charge in [0, 0.05) is 5.33 Å². The molecule has 9 heavy (non-hydrogen) atoms. The van der Waals surface area contributed by atoms with Crippen LogP contribution in [-0.2, 0) is 0 Å². The van der Waals surface area contributed by atoms with E-state index in [2.05, 4.69) is 15.9 Å². The molecular weight excluding hydrogens is 190 g/mol. The monoisotopic (exact) mass is 198 g/mol. The van der Waals surface area contributed by atoms with Crippen molar-refractivity contribution in [2.75, 3.05) is 5.33 Å². The van der Waals surface area contributed by atoms with Crippen LogP contribution < -0.4 is 0 Å². The van der Waals surface area contributed by atoms with Gasteiger partial charge in [-0.3, -0.25) is 0 Å². The molecule has 0 N–H and O–H groups in total. The summed E-state index contributed by atoms with van der Waals surface area (Å²) in [5, 5.41) is 0.898. The Hall–Kier alpha value is 0.0800. The minimum absolute atomic E-state index is 0.494. The average Bonchev–Trinajstić information content (AvgIpc) is 1.80. The van der Waals surface area contributed by atoms with Crippen molar-refractivity contribution in [2.45, 2.75) is 19.3 Å². The third-order valence-corrected chi connectivity index (χ3v) is 1.45. The highest BCUT2D eigenvalue weighted by Crippen LogP contribution is 2.04. The lowest BCUT2D eigenvalue weighted by atomic mass is 10.2. The van der Waals surface area contributed by atoms with Crippen LogP contribution in [0.15, 0.2) is 12.2 Å². The summed E-state index contributed by atoms with van der Waals surface area (Å²) < 4.78 is 22.6. The number of allylic oxidation sites excluding steroid dienone is 1. The predicted octanol–water partition coefficient (Wildman–Crippen LogP) is 3.33. The molecule has 0 amide bonds. The topological polar surface area (TPSA) is 0 Å². The lowest BCUT2D eigenvalue weighted by Gasteiger charge is -1.88. The molecular formula is C6H9BrF2. The van der Waals surface area contributed by atoms with Gasteiger partial charge in [-0.2, -0.15) is 8.78 Å². The Morgan fingerprint density at radius 2 is 2.00 bits per heavy atom.